The Bertz CT molecular complexity index is 757. The number of halogens is 1. The van der Waals surface area contributed by atoms with E-state index in [0.29, 0.717) is 18.0 Å². The summed E-state index contributed by atoms with van der Waals surface area (Å²) in [5.74, 6) is 1.85. The monoisotopic (exact) mass is 331 g/mol. The van der Waals surface area contributed by atoms with Crippen LogP contribution >= 0.6 is 11.6 Å². The Balaban J connectivity index is 1.39. The van der Waals surface area contributed by atoms with Crippen LogP contribution in [0.5, 0.6) is 0 Å². The number of nitrogens with one attached hydrogen (secondary N) is 2. The van der Waals surface area contributed by atoms with Crippen LogP contribution in [0.15, 0.2) is 18.2 Å². The molecule has 3 heterocycles. The third-order valence-electron chi connectivity index (χ3n) is 4.49. The van der Waals surface area contributed by atoms with Gasteiger partial charge in [0.15, 0.2) is 5.82 Å². The number of amides is 1. The molecule has 2 aliphatic rings. The summed E-state index contributed by atoms with van der Waals surface area (Å²) in [5.41, 5.74) is 2.06. The highest BCUT2D eigenvalue weighted by molar-refractivity contribution is 6.30. The fourth-order valence-electron chi connectivity index (χ4n) is 3.28. The van der Waals surface area contributed by atoms with Gasteiger partial charge in [-0.05, 0) is 36.6 Å². The van der Waals surface area contributed by atoms with E-state index >= 15 is 0 Å². The van der Waals surface area contributed by atoms with E-state index in [1.807, 2.05) is 18.2 Å². The molecule has 1 atom stereocenters. The van der Waals surface area contributed by atoms with Crippen LogP contribution in [0.3, 0.4) is 0 Å². The molecule has 0 bridgehead atoms. The molecule has 1 aromatic carbocycles. The number of hydrogen-bond donors (Lipinski definition) is 2. The third-order valence-corrected chi connectivity index (χ3v) is 4.73. The average Bonchev–Trinajstić information content (AvgIpc) is 3.16. The van der Waals surface area contributed by atoms with Crippen molar-refractivity contribution in [2.75, 3.05) is 5.32 Å². The molecule has 0 unspecified atom stereocenters. The van der Waals surface area contributed by atoms with Crippen molar-refractivity contribution in [3.8, 4) is 0 Å². The highest BCUT2D eigenvalue weighted by Gasteiger charge is 2.27. The number of rotatable bonds is 3. The largest absolute Gasteiger partial charge is 0.373 e. The van der Waals surface area contributed by atoms with E-state index in [1.165, 1.54) is 0 Å². The zero-order valence-corrected chi connectivity index (χ0v) is 13.4. The van der Waals surface area contributed by atoms with Crippen molar-refractivity contribution in [3.05, 3.63) is 40.4 Å². The van der Waals surface area contributed by atoms with E-state index in [1.54, 1.807) is 0 Å². The Kier molecular flexibility index (Phi) is 3.69. The molecule has 0 aliphatic carbocycles. The second-order valence-corrected chi connectivity index (χ2v) is 6.50. The van der Waals surface area contributed by atoms with Gasteiger partial charge in [0.25, 0.3) is 0 Å². The van der Waals surface area contributed by atoms with E-state index < -0.39 is 0 Å². The number of carbonyl (C=O) groups excluding carboxylic acids is 1. The van der Waals surface area contributed by atoms with Crippen LogP contribution in [-0.4, -0.2) is 26.7 Å². The summed E-state index contributed by atoms with van der Waals surface area (Å²) in [6, 6.07) is 5.40. The minimum Gasteiger partial charge on any atom is -0.373 e. The van der Waals surface area contributed by atoms with Crippen molar-refractivity contribution >= 4 is 23.2 Å². The molecule has 1 aromatic heterocycles. The van der Waals surface area contributed by atoms with Crippen LogP contribution in [0.25, 0.3) is 0 Å². The van der Waals surface area contributed by atoms with Crippen LogP contribution in [0.2, 0.25) is 5.02 Å². The number of carbonyl (C=O) groups is 1. The Morgan fingerprint density at radius 3 is 3.22 bits per heavy atom. The summed E-state index contributed by atoms with van der Waals surface area (Å²) in [6.07, 6.45) is 3.93. The normalized spacial score (nSPS) is 18.9. The lowest BCUT2D eigenvalue weighted by atomic mass is 10.1. The molecule has 1 amide bonds. The smallest absolute Gasteiger partial charge is 0.243 e. The average molecular weight is 332 g/mol. The fraction of sp³-hybridized carbons (Fsp3) is 0.438. The Labute approximate surface area is 139 Å². The highest BCUT2D eigenvalue weighted by atomic mass is 35.5. The van der Waals surface area contributed by atoms with Gasteiger partial charge in [-0.15, -0.1) is 10.2 Å². The van der Waals surface area contributed by atoms with Crippen LogP contribution in [0.1, 0.15) is 30.1 Å². The van der Waals surface area contributed by atoms with E-state index in [9.17, 15) is 4.79 Å². The first-order valence-corrected chi connectivity index (χ1v) is 8.32. The SMILES string of the molecule is O=C(NCc1nnc2n1CCCC2)[C@H]1Cc2cc(Cl)ccc2N1. The van der Waals surface area contributed by atoms with E-state index in [4.69, 9.17) is 11.6 Å². The first-order valence-electron chi connectivity index (χ1n) is 7.94. The highest BCUT2D eigenvalue weighted by Crippen LogP contribution is 2.28. The van der Waals surface area contributed by atoms with Crippen molar-refractivity contribution in [1.82, 2.24) is 20.1 Å². The minimum atomic E-state index is -0.257. The lowest BCUT2D eigenvalue weighted by Gasteiger charge is -2.16. The van der Waals surface area contributed by atoms with Gasteiger partial charge in [0.05, 0.1) is 6.54 Å². The maximum atomic E-state index is 12.4. The number of hydrogen-bond acceptors (Lipinski definition) is 4. The van der Waals surface area contributed by atoms with Gasteiger partial charge in [-0.3, -0.25) is 4.79 Å². The topological polar surface area (TPSA) is 71.8 Å². The fourth-order valence-corrected chi connectivity index (χ4v) is 3.47. The number of fused-ring (bicyclic) bond motifs is 2. The molecule has 23 heavy (non-hydrogen) atoms. The van der Waals surface area contributed by atoms with E-state index in [2.05, 4.69) is 25.4 Å². The minimum absolute atomic E-state index is 0.0227. The summed E-state index contributed by atoms with van der Waals surface area (Å²) >= 11 is 6.00. The van der Waals surface area contributed by atoms with Crippen LogP contribution in [0, 0.1) is 0 Å². The first-order chi connectivity index (χ1) is 11.2. The third kappa shape index (κ3) is 2.79. The summed E-state index contributed by atoms with van der Waals surface area (Å²) in [4.78, 5) is 12.4. The molecular formula is C16H18ClN5O. The molecule has 6 nitrogen and oxygen atoms in total. The lowest BCUT2D eigenvalue weighted by molar-refractivity contribution is -0.121. The quantitative estimate of drug-likeness (QED) is 0.901. The Morgan fingerprint density at radius 2 is 2.30 bits per heavy atom. The molecular weight excluding hydrogens is 314 g/mol. The van der Waals surface area contributed by atoms with Crippen molar-refractivity contribution < 1.29 is 4.79 Å². The van der Waals surface area contributed by atoms with Gasteiger partial charge < -0.3 is 15.2 Å². The molecule has 0 spiro atoms. The summed E-state index contributed by atoms with van der Waals surface area (Å²) in [5, 5.41) is 15.3. The molecule has 0 saturated carbocycles. The maximum Gasteiger partial charge on any atom is 0.243 e. The lowest BCUT2D eigenvalue weighted by Crippen LogP contribution is -2.38. The number of nitrogens with zero attached hydrogens (tertiary/aromatic N) is 3. The van der Waals surface area contributed by atoms with E-state index in [-0.39, 0.29) is 11.9 Å². The van der Waals surface area contributed by atoms with Crippen LogP contribution < -0.4 is 10.6 Å². The molecule has 0 saturated heterocycles. The number of aromatic nitrogens is 3. The zero-order valence-electron chi connectivity index (χ0n) is 12.7. The predicted molar refractivity (Wildman–Crippen MR) is 87.4 cm³/mol. The Morgan fingerprint density at radius 1 is 1.39 bits per heavy atom. The van der Waals surface area contributed by atoms with Crippen LogP contribution in [-0.2, 0) is 30.7 Å². The Hall–Kier alpha value is -2.08. The van der Waals surface area contributed by atoms with Crippen LogP contribution in [0.4, 0.5) is 5.69 Å². The molecule has 0 radical (unpaired) electrons. The second kappa shape index (κ2) is 5.85. The van der Waals surface area contributed by atoms with Crippen molar-refractivity contribution in [2.24, 2.45) is 0 Å². The number of aryl methyl sites for hydroxylation is 1. The standard InChI is InChI=1S/C16H18ClN5O/c17-11-4-5-12-10(7-11)8-13(19-12)16(23)18-9-15-21-20-14-3-1-2-6-22(14)15/h4-5,7,13,19H,1-3,6,8-9H2,(H,18,23)/t13-/m1/s1. The maximum absolute atomic E-state index is 12.4. The molecule has 2 aliphatic heterocycles. The van der Waals surface area contributed by atoms with Crippen molar-refractivity contribution in [2.45, 2.75) is 44.8 Å². The zero-order chi connectivity index (χ0) is 15.8. The molecule has 2 N–H and O–H groups in total. The predicted octanol–water partition coefficient (Wildman–Crippen LogP) is 1.92. The number of anilines is 1. The molecule has 0 fully saturated rings. The van der Waals surface area contributed by atoms with Gasteiger partial charge in [0.1, 0.15) is 11.9 Å². The molecule has 4 rings (SSSR count). The number of benzene rings is 1. The first kappa shape index (κ1) is 14.5. The van der Waals surface area contributed by atoms with Gasteiger partial charge in [-0.2, -0.15) is 0 Å². The van der Waals surface area contributed by atoms with E-state index in [0.717, 1.165) is 48.7 Å². The molecule has 120 valence electrons. The van der Waals surface area contributed by atoms with Gasteiger partial charge in [0.2, 0.25) is 5.91 Å². The summed E-state index contributed by atoms with van der Waals surface area (Å²) in [7, 11) is 0. The van der Waals surface area contributed by atoms with Crippen molar-refractivity contribution in [3.63, 3.8) is 0 Å². The summed E-state index contributed by atoms with van der Waals surface area (Å²) in [6.45, 7) is 1.36. The van der Waals surface area contributed by atoms with Gasteiger partial charge in [-0.25, -0.2) is 0 Å². The summed E-state index contributed by atoms with van der Waals surface area (Å²) < 4.78 is 2.13. The molecule has 2 aromatic rings. The van der Waals surface area contributed by atoms with Crippen molar-refractivity contribution in [1.29, 1.82) is 0 Å². The van der Waals surface area contributed by atoms with Gasteiger partial charge in [-0.1, -0.05) is 11.6 Å². The van der Waals surface area contributed by atoms with Gasteiger partial charge in [0, 0.05) is 30.1 Å². The molecule has 7 heteroatoms. The van der Waals surface area contributed by atoms with Gasteiger partial charge >= 0.3 is 0 Å². The second-order valence-electron chi connectivity index (χ2n) is 6.06.